The van der Waals surface area contributed by atoms with Crippen LogP contribution in [0.15, 0.2) is 35.6 Å². The minimum absolute atomic E-state index is 0.284. The number of benzene rings is 1. The molecule has 0 saturated carbocycles. The first kappa shape index (κ1) is 17.6. The van der Waals surface area contributed by atoms with Crippen LogP contribution in [0.1, 0.15) is 19.4 Å². The second-order valence-electron chi connectivity index (χ2n) is 5.24. The molecule has 2 aromatic heterocycles. The summed E-state index contributed by atoms with van der Waals surface area (Å²) in [5, 5.41) is 9.24. The lowest BCUT2D eigenvalue weighted by molar-refractivity contribution is -0.142. The van der Waals surface area contributed by atoms with E-state index >= 15 is 0 Å². The molecule has 0 spiro atoms. The quantitative estimate of drug-likeness (QED) is 0.371. The second kappa shape index (κ2) is 7.79. The maximum Gasteiger partial charge on any atom is 0.319 e. The molecular weight excluding hydrogens is 362 g/mol. The molecule has 1 atom stereocenters. The van der Waals surface area contributed by atoms with Crippen LogP contribution < -0.4 is 0 Å². The highest BCUT2D eigenvalue weighted by atomic mass is 35.5. The number of nitrogens with zero attached hydrogens (tertiary/aromatic N) is 5. The first-order chi connectivity index (χ1) is 12.1. The number of aromatic nitrogens is 5. The minimum Gasteiger partial charge on any atom is -0.465 e. The fraction of sp³-hybridized carbons (Fsp3) is 0.312. The van der Waals surface area contributed by atoms with E-state index in [2.05, 4.69) is 20.3 Å². The van der Waals surface area contributed by atoms with Crippen molar-refractivity contribution in [1.29, 1.82) is 0 Å². The summed E-state index contributed by atoms with van der Waals surface area (Å²) < 4.78 is 6.72. The van der Waals surface area contributed by atoms with Gasteiger partial charge in [0.1, 0.15) is 16.6 Å². The van der Waals surface area contributed by atoms with Gasteiger partial charge in [0.15, 0.2) is 11.2 Å². The van der Waals surface area contributed by atoms with Crippen LogP contribution in [0, 0.1) is 0 Å². The summed E-state index contributed by atoms with van der Waals surface area (Å²) in [6, 6.07) is 7.51. The molecule has 7 nitrogen and oxygen atoms in total. The van der Waals surface area contributed by atoms with Crippen molar-refractivity contribution in [3.05, 3.63) is 41.2 Å². The zero-order valence-corrected chi connectivity index (χ0v) is 15.3. The monoisotopic (exact) mass is 377 g/mol. The average molecular weight is 378 g/mol. The standard InChI is InChI=1S/C16H16ClN5O2S/c1-3-24-16(23)10(2)25-15-13-14(18-9-19-15)22(21-20-13)8-11-4-6-12(17)7-5-11/h4-7,9-10H,3,8H2,1-2H3. The summed E-state index contributed by atoms with van der Waals surface area (Å²) in [4.78, 5) is 20.3. The van der Waals surface area contributed by atoms with Crippen molar-refractivity contribution in [2.24, 2.45) is 0 Å². The third kappa shape index (κ3) is 4.08. The lowest BCUT2D eigenvalue weighted by Crippen LogP contribution is -2.16. The number of hydrogen-bond acceptors (Lipinski definition) is 7. The lowest BCUT2D eigenvalue weighted by Gasteiger charge is -2.09. The number of esters is 1. The molecule has 0 radical (unpaired) electrons. The Morgan fingerprint density at radius 2 is 2.08 bits per heavy atom. The van der Waals surface area contributed by atoms with Crippen molar-refractivity contribution in [3.8, 4) is 0 Å². The summed E-state index contributed by atoms with van der Waals surface area (Å²) >= 11 is 7.19. The number of hydrogen-bond donors (Lipinski definition) is 0. The zero-order chi connectivity index (χ0) is 17.8. The van der Waals surface area contributed by atoms with Crippen molar-refractivity contribution in [3.63, 3.8) is 0 Å². The predicted molar refractivity (Wildman–Crippen MR) is 95.6 cm³/mol. The third-order valence-corrected chi connectivity index (χ3v) is 4.74. The Hall–Kier alpha value is -2.19. The molecule has 0 saturated heterocycles. The second-order valence-corrected chi connectivity index (χ2v) is 7.00. The molecule has 25 heavy (non-hydrogen) atoms. The van der Waals surface area contributed by atoms with Gasteiger partial charge in [-0.05, 0) is 31.5 Å². The van der Waals surface area contributed by atoms with Gasteiger partial charge in [0.25, 0.3) is 0 Å². The number of carbonyl (C=O) groups excluding carboxylic acids is 1. The molecule has 0 N–H and O–H groups in total. The summed E-state index contributed by atoms with van der Waals surface area (Å²) in [5.41, 5.74) is 2.21. The molecule has 0 amide bonds. The minimum atomic E-state index is -0.389. The number of halogens is 1. The Balaban J connectivity index is 1.84. The van der Waals surface area contributed by atoms with Gasteiger partial charge in [-0.1, -0.05) is 40.7 Å². The van der Waals surface area contributed by atoms with E-state index in [0.29, 0.717) is 34.4 Å². The molecule has 0 aliphatic carbocycles. The van der Waals surface area contributed by atoms with Gasteiger partial charge in [-0.3, -0.25) is 4.79 Å². The van der Waals surface area contributed by atoms with Gasteiger partial charge in [0.05, 0.1) is 13.2 Å². The maximum absolute atomic E-state index is 11.8. The smallest absolute Gasteiger partial charge is 0.319 e. The van der Waals surface area contributed by atoms with Gasteiger partial charge < -0.3 is 4.74 Å². The van der Waals surface area contributed by atoms with E-state index in [1.807, 2.05) is 24.3 Å². The topological polar surface area (TPSA) is 82.8 Å². The van der Waals surface area contributed by atoms with E-state index in [1.54, 1.807) is 18.5 Å². The van der Waals surface area contributed by atoms with Crippen LogP contribution in [0.25, 0.3) is 11.2 Å². The van der Waals surface area contributed by atoms with E-state index in [9.17, 15) is 4.79 Å². The summed E-state index contributed by atoms with van der Waals surface area (Å²) in [6.07, 6.45) is 1.45. The van der Waals surface area contributed by atoms with E-state index in [4.69, 9.17) is 16.3 Å². The predicted octanol–water partition coefficient (Wildman–Crippen LogP) is 2.97. The van der Waals surface area contributed by atoms with Crippen LogP contribution in [0.5, 0.6) is 0 Å². The molecule has 0 bridgehead atoms. The molecule has 0 aliphatic heterocycles. The first-order valence-corrected chi connectivity index (χ1v) is 8.96. The normalized spacial score (nSPS) is 12.3. The summed E-state index contributed by atoms with van der Waals surface area (Å²) in [7, 11) is 0. The largest absolute Gasteiger partial charge is 0.465 e. The Labute approximate surface area is 153 Å². The third-order valence-electron chi connectivity index (χ3n) is 3.42. The van der Waals surface area contributed by atoms with Crippen molar-refractivity contribution in [2.75, 3.05) is 6.61 Å². The summed E-state index contributed by atoms with van der Waals surface area (Å²) in [6.45, 7) is 4.41. The molecule has 9 heteroatoms. The van der Waals surface area contributed by atoms with Crippen LogP contribution in [-0.2, 0) is 16.1 Å². The van der Waals surface area contributed by atoms with E-state index in [1.165, 1.54) is 18.1 Å². The highest BCUT2D eigenvalue weighted by Gasteiger charge is 2.20. The van der Waals surface area contributed by atoms with Crippen LogP contribution in [0.2, 0.25) is 5.02 Å². The molecule has 0 fully saturated rings. The van der Waals surface area contributed by atoms with Gasteiger partial charge in [-0.25, -0.2) is 14.6 Å². The molecule has 0 aliphatic rings. The lowest BCUT2D eigenvalue weighted by atomic mass is 10.2. The van der Waals surface area contributed by atoms with E-state index < -0.39 is 0 Å². The summed E-state index contributed by atoms with van der Waals surface area (Å²) in [5.74, 6) is -0.284. The van der Waals surface area contributed by atoms with Crippen molar-refractivity contribution >= 4 is 40.5 Å². The number of carbonyl (C=O) groups is 1. The number of rotatable bonds is 6. The fourth-order valence-electron chi connectivity index (χ4n) is 2.20. The molecule has 2 heterocycles. The SMILES string of the molecule is CCOC(=O)C(C)Sc1ncnc2c1nnn2Cc1ccc(Cl)cc1. The molecule has 3 aromatic rings. The molecule has 1 aromatic carbocycles. The van der Waals surface area contributed by atoms with Gasteiger partial charge in [0.2, 0.25) is 0 Å². The number of thioether (sulfide) groups is 1. The number of fused-ring (bicyclic) bond motifs is 1. The Morgan fingerprint density at radius 1 is 1.32 bits per heavy atom. The van der Waals surface area contributed by atoms with Gasteiger partial charge >= 0.3 is 5.97 Å². The average Bonchev–Trinajstić information content (AvgIpc) is 3.01. The zero-order valence-electron chi connectivity index (χ0n) is 13.7. The van der Waals surface area contributed by atoms with Crippen LogP contribution in [0.4, 0.5) is 0 Å². The van der Waals surface area contributed by atoms with E-state index in [-0.39, 0.29) is 11.2 Å². The highest BCUT2D eigenvalue weighted by Crippen LogP contribution is 2.27. The molecule has 3 rings (SSSR count). The van der Waals surface area contributed by atoms with Crippen molar-refractivity contribution in [2.45, 2.75) is 30.7 Å². The van der Waals surface area contributed by atoms with Crippen molar-refractivity contribution < 1.29 is 9.53 Å². The Bertz CT molecular complexity index is 884. The van der Waals surface area contributed by atoms with Crippen LogP contribution in [0.3, 0.4) is 0 Å². The highest BCUT2D eigenvalue weighted by molar-refractivity contribution is 8.00. The Kier molecular flexibility index (Phi) is 5.50. The van der Waals surface area contributed by atoms with Crippen molar-refractivity contribution in [1.82, 2.24) is 25.0 Å². The van der Waals surface area contributed by atoms with Gasteiger partial charge in [-0.2, -0.15) is 0 Å². The first-order valence-electron chi connectivity index (χ1n) is 7.70. The van der Waals surface area contributed by atoms with Crippen LogP contribution in [-0.4, -0.2) is 42.8 Å². The molecular formula is C16H16ClN5O2S. The fourth-order valence-corrected chi connectivity index (χ4v) is 3.18. The molecule has 1 unspecified atom stereocenters. The molecule has 130 valence electrons. The number of ether oxygens (including phenoxy) is 1. The Morgan fingerprint density at radius 3 is 2.80 bits per heavy atom. The maximum atomic E-state index is 11.8. The van der Waals surface area contributed by atoms with Gasteiger partial charge in [-0.15, -0.1) is 5.10 Å². The van der Waals surface area contributed by atoms with Crippen LogP contribution >= 0.6 is 23.4 Å². The van der Waals surface area contributed by atoms with Gasteiger partial charge in [0, 0.05) is 5.02 Å². The van der Waals surface area contributed by atoms with E-state index in [0.717, 1.165) is 5.56 Å².